The van der Waals surface area contributed by atoms with Crippen LogP contribution in [0.1, 0.15) is 5.56 Å². The molecule has 1 heterocycles. The number of nitrogens with one attached hydrogen (secondary N) is 2. The van der Waals surface area contributed by atoms with Gasteiger partial charge in [0.05, 0.1) is 18.1 Å². The van der Waals surface area contributed by atoms with Crippen LogP contribution in [0.15, 0.2) is 35.6 Å². The van der Waals surface area contributed by atoms with Gasteiger partial charge in [-0.2, -0.15) is 10.2 Å². The van der Waals surface area contributed by atoms with E-state index in [0.29, 0.717) is 11.3 Å². The van der Waals surface area contributed by atoms with E-state index in [4.69, 9.17) is 5.73 Å². The molecule has 0 saturated heterocycles. The molecule has 1 aromatic carbocycles. The summed E-state index contributed by atoms with van der Waals surface area (Å²) < 4.78 is 12.8. The minimum atomic E-state index is -0.752. The van der Waals surface area contributed by atoms with Crippen molar-refractivity contribution in [3.8, 4) is 11.3 Å². The Labute approximate surface area is 102 Å². The maximum absolute atomic E-state index is 12.8. The van der Waals surface area contributed by atoms with Gasteiger partial charge in [-0.3, -0.25) is 5.10 Å². The van der Waals surface area contributed by atoms with Crippen molar-refractivity contribution in [2.24, 2.45) is 10.8 Å². The molecule has 0 radical (unpaired) electrons. The van der Waals surface area contributed by atoms with E-state index in [1.54, 1.807) is 12.1 Å². The SMILES string of the molecule is NC(=O)NN=Cc1cn[nH]c1-c1ccc(F)cc1. The van der Waals surface area contributed by atoms with Crippen LogP contribution < -0.4 is 11.2 Å². The normalized spacial score (nSPS) is 10.7. The van der Waals surface area contributed by atoms with Crippen LogP contribution in [0.3, 0.4) is 0 Å². The van der Waals surface area contributed by atoms with Gasteiger partial charge in [-0.05, 0) is 24.3 Å². The van der Waals surface area contributed by atoms with E-state index in [9.17, 15) is 9.18 Å². The van der Waals surface area contributed by atoms with Crippen LogP contribution in [0.4, 0.5) is 9.18 Å². The minimum absolute atomic E-state index is 0.316. The van der Waals surface area contributed by atoms with Gasteiger partial charge >= 0.3 is 6.03 Å². The second-order valence-electron chi connectivity index (χ2n) is 3.44. The molecule has 0 aliphatic carbocycles. The van der Waals surface area contributed by atoms with Crippen LogP contribution in [0.5, 0.6) is 0 Å². The number of nitrogens with two attached hydrogens (primary N) is 1. The average molecular weight is 247 g/mol. The molecule has 7 heteroatoms. The third kappa shape index (κ3) is 2.70. The largest absolute Gasteiger partial charge is 0.350 e. The molecule has 2 amide bonds. The number of aromatic amines is 1. The maximum atomic E-state index is 12.8. The van der Waals surface area contributed by atoms with Crippen molar-refractivity contribution in [1.29, 1.82) is 0 Å². The summed E-state index contributed by atoms with van der Waals surface area (Å²) in [6, 6.07) is 5.17. The molecule has 6 nitrogen and oxygen atoms in total. The number of amides is 2. The molecule has 18 heavy (non-hydrogen) atoms. The standard InChI is InChI=1S/C11H10FN5O/c12-9-3-1-7(2-4-9)10-8(5-14-16-10)6-15-17-11(13)18/h1-6H,(H,14,16)(H3,13,17,18). The Kier molecular flexibility index (Phi) is 3.33. The number of halogens is 1. The number of carbonyl (C=O) groups is 1. The van der Waals surface area contributed by atoms with E-state index in [-0.39, 0.29) is 5.82 Å². The molecule has 4 N–H and O–H groups in total. The summed E-state index contributed by atoms with van der Waals surface area (Å²) >= 11 is 0. The molecule has 0 aliphatic rings. The van der Waals surface area contributed by atoms with Crippen molar-refractivity contribution >= 4 is 12.2 Å². The summed E-state index contributed by atoms with van der Waals surface area (Å²) in [6.07, 6.45) is 2.93. The van der Waals surface area contributed by atoms with Crippen LogP contribution in [-0.4, -0.2) is 22.4 Å². The first kappa shape index (κ1) is 11.8. The molecule has 0 fully saturated rings. The van der Waals surface area contributed by atoms with Gasteiger partial charge in [0.25, 0.3) is 0 Å². The number of urea groups is 1. The van der Waals surface area contributed by atoms with Gasteiger partial charge in [0, 0.05) is 11.1 Å². The molecule has 0 unspecified atom stereocenters. The third-order valence-corrected chi connectivity index (χ3v) is 2.18. The maximum Gasteiger partial charge on any atom is 0.332 e. The van der Waals surface area contributed by atoms with Gasteiger partial charge in [0.15, 0.2) is 0 Å². The molecular formula is C11H10FN5O. The molecule has 1 aromatic heterocycles. The fourth-order valence-electron chi connectivity index (χ4n) is 1.41. The average Bonchev–Trinajstić information content (AvgIpc) is 2.78. The Balaban J connectivity index is 2.24. The minimum Gasteiger partial charge on any atom is -0.350 e. The number of carbonyl (C=O) groups excluding carboxylic acids is 1. The zero-order valence-corrected chi connectivity index (χ0v) is 9.22. The lowest BCUT2D eigenvalue weighted by atomic mass is 10.1. The van der Waals surface area contributed by atoms with Crippen molar-refractivity contribution in [1.82, 2.24) is 15.6 Å². The Morgan fingerprint density at radius 2 is 2.17 bits per heavy atom. The lowest BCUT2D eigenvalue weighted by molar-refractivity contribution is 0.249. The number of hydrazone groups is 1. The van der Waals surface area contributed by atoms with Gasteiger partial charge in [-0.1, -0.05) is 0 Å². The van der Waals surface area contributed by atoms with Crippen molar-refractivity contribution in [2.45, 2.75) is 0 Å². The third-order valence-electron chi connectivity index (χ3n) is 2.18. The number of H-pyrrole nitrogens is 1. The van der Waals surface area contributed by atoms with E-state index >= 15 is 0 Å². The Hall–Kier alpha value is -2.70. The second kappa shape index (κ2) is 5.09. The van der Waals surface area contributed by atoms with Crippen molar-refractivity contribution in [3.05, 3.63) is 41.8 Å². The molecular weight excluding hydrogens is 237 g/mol. The highest BCUT2D eigenvalue weighted by Gasteiger charge is 2.05. The van der Waals surface area contributed by atoms with Gasteiger partial charge in [-0.15, -0.1) is 0 Å². The molecule has 0 spiro atoms. The predicted molar refractivity (Wildman–Crippen MR) is 64.3 cm³/mol. The zero-order chi connectivity index (χ0) is 13.0. The van der Waals surface area contributed by atoms with Crippen LogP contribution in [0.25, 0.3) is 11.3 Å². The van der Waals surface area contributed by atoms with E-state index in [0.717, 1.165) is 5.56 Å². The summed E-state index contributed by atoms with van der Waals surface area (Å²) in [7, 11) is 0. The lowest BCUT2D eigenvalue weighted by Crippen LogP contribution is -2.24. The number of primary amides is 1. The fourth-order valence-corrected chi connectivity index (χ4v) is 1.41. The molecule has 2 aromatic rings. The highest BCUT2D eigenvalue weighted by Crippen LogP contribution is 2.19. The monoisotopic (exact) mass is 247 g/mol. The first-order valence-corrected chi connectivity index (χ1v) is 5.04. The van der Waals surface area contributed by atoms with Gasteiger partial charge < -0.3 is 5.73 Å². The van der Waals surface area contributed by atoms with Crippen molar-refractivity contribution in [3.63, 3.8) is 0 Å². The number of benzene rings is 1. The van der Waals surface area contributed by atoms with Gasteiger partial charge in [0.2, 0.25) is 0 Å². The first-order valence-electron chi connectivity index (χ1n) is 5.04. The Bertz CT molecular complexity index is 575. The number of rotatable bonds is 3. The molecule has 2 rings (SSSR count). The number of aromatic nitrogens is 2. The highest BCUT2D eigenvalue weighted by molar-refractivity contribution is 5.89. The van der Waals surface area contributed by atoms with Gasteiger partial charge in [0.1, 0.15) is 5.82 Å². The number of hydrogen-bond acceptors (Lipinski definition) is 3. The zero-order valence-electron chi connectivity index (χ0n) is 9.22. The van der Waals surface area contributed by atoms with Crippen LogP contribution in [0.2, 0.25) is 0 Å². The Morgan fingerprint density at radius 3 is 2.83 bits per heavy atom. The van der Waals surface area contributed by atoms with Gasteiger partial charge in [-0.25, -0.2) is 14.6 Å². The topological polar surface area (TPSA) is 96.2 Å². The molecule has 0 saturated carbocycles. The fraction of sp³-hybridized carbons (Fsp3) is 0. The Morgan fingerprint density at radius 1 is 1.44 bits per heavy atom. The van der Waals surface area contributed by atoms with E-state index in [2.05, 4.69) is 20.7 Å². The van der Waals surface area contributed by atoms with E-state index < -0.39 is 6.03 Å². The van der Waals surface area contributed by atoms with Crippen molar-refractivity contribution in [2.75, 3.05) is 0 Å². The molecule has 0 aliphatic heterocycles. The van der Waals surface area contributed by atoms with E-state index in [1.807, 2.05) is 0 Å². The quantitative estimate of drug-likeness (QED) is 0.561. The molecule has 0 bridgehead atoms. The van der Waals surface area contributed by atoms with Crippen LogP contribution in [0, 0.1) is 5.82 Å². The summed E-state index contributed by atoms with van der Waals surface area (Å²) in [4.78, 5) is 10.5. The summed E-state index contributed by atoms with van der Waals surface area (Å²) in [5.74, 6) is -0.316. The lowest BCUT2D eigenvalue weighted by Gasteiger charge is -1.99. The van der Waals surface area contributed by atoms with E-state index in [1.165, 1.54) is 24.5 Å². The number of nitrogens with zero attached hydrogens (tertiary/aromatic N) is 2. The number of hydrogen-bond donors (Lipinski definition) is 3. The summed E-state index contributed by atoms with van der Waals surface area (Å²) in [5, 5.41) is 10.3. The van der Waals surface area contributed by atoms with Crippen LogP contribution in [-0.2, 0) is 0 Å². The second-order valence-corrected chi connectivity index (χ2v) is 3.44. The summed E-state index contributed by atoms with van der Waals surface area (Å²) in [6.45, 7) is 0. The summed E-state index contributed by atoms with van der Waals surface area (Å²) in [5.41, 5.74) is 9.03. The molecule has 0 atom stereocenters. The smallest absolute Gasteiger partial charge is 0.332 e. The van der Waals surface area contributed by atoms with Crippen molar-refractivity contribution < 1.29 is 9.18 Å². The first-order chi connectivity index (χ1) is 8.66. The van der Waals surface area contributed by atoms with Crippen LogP contribution >= 0.6 is 0 Å². The molecule has 92 valence electrons. The predicted octanol–water partition coefficient (Wildman–Crippen LogP) is 1.22. The highest BCUT2D eigenvalue weighted by atomic mass is 19.1.